The normalized spacial score (nSPS) is 25.8. The van der Waals surface area contributed by atoms with Crippen molar-refractivity contribution >= 4 is 0 Å². The van der Waals surface area contributed by atoms with E-state index in [0.717, 1.165) is 32.7 Å². The minimum atomic E-state index is -0.0945. The summed E-state index contributed by atoms with van der Waals surface area (Å²) in [6.07, 6.45) is 0.911. The van der Waals surface area contributed by atoms with Crippen LogP contribution in [0.3, 0.4) is 0 Å². The summed E-state index contributed by atoms with van der Waals surface area (Å²) in [6, 6.07) is 0.180. The van der Waals surface area contributed by atoms with Crippen LogP contribution in [-0.2, 0) is 9.47 Å². The maximum absolute atomic E-state index is 6.11. The Morgan fingerprint density at radius 2 is 1.76 bits per heavy atom. The number of rotatable bonds is 5. The van der Waals surface area contributed by atoms with Crippen LogP contribution in [0.2, 0.25) is 0 Å². The van der Waals surface area contributed by atoms with Gasteiger partial charge in [0, 0.05) is 39.4 Å². The fourth-order valence-corrected chi connectivity index (χ4v) is 2.77. The number of hydrogen-bond acceptors (Lipinski definition) is 4. The first kappa shape index (κ1) is 14.9. The zero-order chi connectivity index (χ0) is 13.1. The van der Waals surface area contributed by atoms with Crippen LogP contribution in [0.15, 0.2) is 0 Å². The van der Waals surface area contributed by atoms with E-state index in [4.69, 9.17) is 15.2 Å². The highest BCUT2D eigenvalue weighted by atomic mass is 16.5. The molecular formula is C13H28N2O2. The van der Waals surface area contributed by atoms with Gasteiger partial charge < -0.3 is 15.2 Å². The van der Waals surface area contributed by atoms with E-state index in [2.05, 4.69) is 32.6 Å². The summed E-state index contributed by atoms with van der Waals surface area (Å²) in [5.74, 6) is 0. The highest BCUT2D eigenvalue weighted by Gasteiger charge is 2.38. The Morgan fingerprint density at radius 1 is 1.24 bits per heavy atom. The van der Waals surface area contributed by atoms with Crippen LogP contribution < -0.4 is 5.73 Å². The second kappa shape index (κ2) is 5.65. The van der Waals surface area contributed by atoms with E-state index < -0.39 is 0 Å². The summed E-state index contributed by atoms with van der Waals surface area (Å²) >= 11 is 0. The zero-order valence-corrected chi connectivity index (χ0v) is 12.0. The monoisotopic (exact) mass is 244 g/mol. The molecule has 1 unspecified atom stereocenters. The first-order chi connectivity index (χ1) is 7.74. The maximum Gasteiger partial charge on any atom is 0.0760 e. The van der Waals surface area contributed by atoms with Crippen LogP contribution in [0.25, 0.3) is 0 Å². The molecule has 0 spiro atoms. The van der Waals surface area contributed by atoms with E-state index in [1.54, 1.807) is 7.11 Å². The molecule has 1 aliphatic rings. The average Bonchev–Trinajstić information content (AvgIpc) is 2.09. The zero-order valence-electron chi connectivity index (χ0n) is 12.0. The molecule has 4 nitrogen and oxygen atoms in total. The number of hydrogen-bond donors (Lipinski definition) is 1. The van der Waals surface area contributed by atoms with Crippen LogP contribution in [-0.4, -0.2) is 55.5 Å². The lowest BCUT2D eigenvalue weighted by atomic mass is 9.98. The van der Waals surface area contributed by atoms with Crippen LogP contribution in [0, 0.1) is 0 Å². The van der Waals surface area contributed by atoms with Crippen LogP contribution in [0.1, 0.15) is 34.1 Å². The van der Waals surface area contributed by atoms with Gasteiger partial charge in [0.05, 0.1) is 11.2 Å². The lowest BCUT2D eigenvalue weighted by Gasteiger charge is -2.47. The highest BCUT2D eigenvalue weighted by molar-refractivity contribution is 4.90. The largest absolute Gasteiger partial charge is 0.385 e. The lowest BCUT2D eigenvalue weighted by molar-refractivity contribution is -0.181. The molecule has 0 bridgehead atoms. The van der Waals surface area contributed by atoms with Crippen LogP contribution >= 0.6 is 0 Å². The summed E-state index contributed by atoms with van der Waals surface area (Å²) < 4.78 is 11.1. The Balaban J connectivity index is 2.47. The number of methoxy groups -OCH3 is 1. The fraction of sp³-hybridized carbons (Fsp3) is 1.00. The van der Waals surface area contributed by atoms with Crippen molar-refractivity contribution in [1.82, 2.24) is 4.90 Å². The second-order valence-electron chi connectivity index (χ2n) is 6.33. The lowest BCUT2D eigenvalue weighted by Crippen LogP contribution is -2.59. The number of nitrogens with zero attached hydrogens (tertiary/aromatic N) is 1. The van der Waals surface area contributed by atoms with Crippen molar-refractivity contribution in [3.63, 3.8) is 0 Å². The van der Waals surface area contributed by atoms with E-state index in [1.165, 1.54) is 0 Å². The molecule has 0 aromatic carbocycles. The standard InChI is InChI=1S/C13H28N2O2/c1-12(2)9-15(10-13(3,4)17-12)8-11(14)6-7-16-5/h11H,6-10,14H2,1-5H3. The highest BCUT2D eigenvalue weighted by Crippen LogP contribution is 2.27. The molecule has 0 aromatic rings. The Bertz CT molecular complexity index is 226. The molecule has 0 saturated carbocycles. The van der Waals surface area contributed by atoms with Crippen molar-refractivity contribution in [1.29, 1.82) is 0 Å². The SMILES string of the molecule is COCCC(N)CN1CC(C)(C)OC(C)(C)C1. The molecule has 0 aromatic heterocycles. The van der Waals surface area contributed by atoms with Gasteiger partial charge >= 0.3 is 0 Å². The second-order valence-corrected chi connectivity index (χ2v) is 6.33. The molecule has 1 atom stereocenters. The summed E-state index contributed by atoms with van der Waals surface area (Å²) in [6.45, 7) is 12.1. The van der Waals surface area contributed by atoms with Crippen LogP contribution in [0.5, 0.6) is 0 Å². The molecule has 0 amide bonds. The number of nitrogens with two attached hydrogens (primary N) is 1. The summed E-state index contributed by atoms with van der Waals surface area (Å²) in [5.41, 5.74) is 5.92. The van der Waals surface area contributed by atoms with Gasteiger partial charge in [0.1, 0.15) is 0 Å². The quantitative estimate of drug-likeness (QED) is 0.790. The molecule has 17 heavy (non-hydrogen) atoms. The third-order valence-corrected chi connectivity index (χ3v) is 2.95. The predicted octanol–water partition coefficient (Wildman–Crippen LogP) is 1.24. The van der Waals surface area contributed by atoms with Crippen molar-refractivity contribution < 1.29 is 9.47 Å². The van der Waals surface area contributed by atoms with Gasteiger partial charge in [0.2, 0.25) is 0 Å². The molecule has 1 aliphatic heterocycles. The van der Waals surface area contributed by atoms with E-state index in [0.29, 0.717) is 0 Å². The molecule has 0 radical (unpaired) electrons. The molecule has 1 heterocycles. The minimum absolute atomic E-state index is 0.0945. The van der Waals surface area contributed by atoms with Gasteiger partial charge in [-0.3, -0.25) is 4.90 Å². The Labute approximate surface area is 105 Å². The smallest absolute Gasteiger partial charge is 0.0760 e. The average molecular weight is 244 g/mol. The molecular weight excluding hydrogens is 216 g/mol. The Kier molecular flexibility index (Phi) is 4.95. The van der Waals surface area contributed by atoms with Crippen LogP contribution in [0.4, 0.5) is 0 Å². The number of ether oxygens (including phenoxy) is 2. The Morgan fingerprint density at radius 3 is 2.24 bits per heavy atom. The van der Waals surface area contributed by atoms with E-state index in [-0.39, 0.29) is 17.2 Å². The Hall–Kier alpha value is -0.160. The maximum atomic E-state index is 6.11. The topological polar surface area (TPSA) is 47.7 Å². The van der Waals surface area contributed by atoms with E-state index in [9.17, 15) is 0 Å². The summed E-state index contributed by atoms with van der Waals surface area (Å²) in [4.78, 5) is 2.41. The fourth-order valence-electron chi connectivity index (χ4n) is 2.77. The molecule has 1 saturated heterocycles. The third kappa shape index (κ3) is 5.34. The third-order valence-electron chi connectivity index (χ3n) is 2.95. The minimum Gasteiger partial charge on any atom is -0.385 e. The van der Waals surface area contributed by atoms with Gasteiger partial charge in [-0.2, -0.15) is 0 Å². The van der Waals surface area contributed by atoms with Gasteiger partial charge in [-0.05, 0) is 34.1 Å². The summed E-state index contributed by atoms with van der Waals surface area (Å²) in [7, 11) is 1.72. The molecule has 102 valence electrons. The summed E-state index contributed by atoms with van der Waals surface area (Å²) in [5, 5.41) is 0. The van der Waals surface area contributed by atoms with Crippen molar-refractivity contribution in [2.75, 3.05) is 33.4 Å². The van der Waals surface area contributed by atoms with Gasteiger partial charge in [0.25, 0.3) is 0 Å². The molecule has 4 heteroatoms. The first-order valence-corrected chi connectivity index (χ1v) is 6.41. The molecule has 0 aliphatic carbocycles. The molecule has 1 fully saturated rings. The van der Waals surface area contributed by atoms with Crippen molar-refractivity contribution in [2.45, 2.75) is 51.4 Å². The van der Waals surface area contributed by atoms with Gasteiger partial charge in [0.15, 0.2) is 0 Å². The molecule has 2 N–H and O–H groups in total. The number of morpholine rings is 1. The molecule has 1 rings (SSSR count). The van der Waals surface area contributed by atoms with Gasteiger partial charge in [-0.1, -0.05) is 0 Å². The van der Waals surface area contributed by atoms with Crippen molar-refractivity contribution in [2.24, 2.45) is 5.73 Å². The van der Waals surface area contributed by atoms with E-state index in [1.807, 2.05) is 0 Å². The van der Waals surface area contributed by atoms with Gasteiger partial charge in [-0.15, -0.1) is 0 Å². The predicted molar refractivity (Wildman–Crippen MR) is 70.2 cm³/mol. The van der Waals surface area contributed by atoms with Crippen molar-refractivity contribution in [3.8, 4) is 0 Å². The van der Waals surface area contributed by atoms with Crippen molar-refractivity contribution in [3.05, 3.63) is 0 Å². The first-order valence-electron chi connectivity index (χ1n) is 6.41. The van der Waals surface area contributed by atoms with Gasteiger partial charge in [-0.25, -0.2) is 0 Å². The van der Waals surface area contributed by atoms with E-state index >= 15 is 0 Å².